The monoisotopic (exact) mass is 362 g/mol. The summed E-state index contributed by atoms with van der Waals surface area (Å²) in [5.41, 5.74) is 0.438. The van der Waals surface area contributed by atoms with E-state index in [1.165, 1.54) is 29.3 Å². The Morgan fingerprint density at radius 2 is 1.92 bits per heavy atom. The number of methoxy groups -OCH3 is 3. The molecule has 0 amide bonds. The maximum absolute atomic E-state index is 12.8. The molecule has 3 rings (SSSR count). The summed E-state index contributed by atoms with van der Waals surface area (Å²) in [4.78, 5) is 28.8. The molecule has 0 aliphatic rings. The molecule has 0 aliphatic carbocycles. The Balaban J connectivity index is 2.14. The minimum absolute atomic E-state index is 0.181. The standard InChI is InChI=1S/C17H18N2O5S/c1-9(17(21)24-4)7-19-8-18-14-10-5-11(22-2)12(23-3)6-13(10)25-15(14)16(19)20/h5-6,8-9H,7H2,1-4H3/t9-/m0/s1. The van der Waals surface area contributed by atoms with Gasteiger partial charge in [-0.15, -0.1) is 11.3 Å². The molecule has 0 saturated carbocycles. The van der Waals surface area contributed by atoms with Gasteiger partial charge in [0, 0.05) is 22.7 Å². The van der Waals surface area contributed by atoms with E-state index in [0.717, 1.165) is 10.1 Å². The molecule has 132 valence electrons. The Hall–Kier alpha value is -2.61. The number of rotatable bonds is 5. The van der Waals surface area contributed by atoms with E-state index in [1.807, 2.05) is 12.1 Å². The van der Waals surface area contributed by atoms with Gasteiger partial charge in [0.15, 0.2) is 11.5 Å². The Morgan fingerprint density at radius 1 is 1.24 bits per heavy atom. The van der Waals surface area contributed by atoms with Crippen molar-refractivity contribution < 1.29 is 19.0 Å². The minimum Gasteiger partial charge on any atom is -0.493 e. The second-order valence-electron chi connectivity index (χ2n) is 5.61. The summed E-state index contributed by atoms with van der Waals surface area (Å²) in [5, 5.41) is 0.836. The van der Waals surface area contributed by atoms with Crippen LogP contribution in [0.2, 0.25) is 0 Å². The quantitative estimate of drug-likeness (QED) is 0.649. The molecule has 0 radical (unpaired) electrons. The van der Waals surface area contributed by atoms with E-state index < -0.39 is 5.92 Å². The van der Waals surface area contributed by atoms with Gasteiger partial charge in [0.25, 0.3) is 5.56 Å². The van der Waals surface area contributed by atoms with Gasteiger partial charge in [0.1, 0.15) is 4.70 Å². The fourth-order valence-corrected chi connectivity index (χ4v) is 3.81. The molecule has 2 heterocycles. The summed E-state index contributed by atoms with van der Waals surface area (Å²) >= 11 is 1.34. The first kappa shape index (κ1) is 17.2. The van der Waals surface area contributed by atoms with Crippen LogP contribution in [0, 0.1) is 5.92 Å². The lowest BCUT2D eigenvalue weighted by Crippen LogP contribution is -2.26. The number of hydrogen-bond donors (Lipinski definition) is 0. The van der Waals surface area contributed by atoms with E-state index in [4.69, 9.17) is 14.2 Å². The van der Waals surface area contributed by atoms with Crippen molar-refractivity contribution in [1.82, 2.24) is 9.55 Å². The summed E-state index contributed by atoms with van der Waals surface area (Å²) in [6.07, 6.45) is 1.47. The highest BCUT2D eigenvalue weighted by Crippen LogP contribution is 2.38. The van der Waals surface area contributed by atoms with Crippen LogP contribution in [-0.2, 0) is 16.1 Å². The van der Waals surface area contributed by atoms with Crippen molar-refractivity contribution in [2.45, 2.75) is 13.5 Å². The summed E-state index contributed by atoms with van der Waals surface area (Å²) < 4.78 is 18.2. The second kappa shape index (κ2) is 6.72. The van der Waals surface area contributed by atoms with Gasteiger partial charge in [-0.3, -0.25) is 14.2 Å². The van der Waals surface area contributed by atoms with Crippen LogP contribution in [0.4, 0.5) is 0 Å². The van der Waals surface area contributed by atoms with E-state index >= 15 is 0 Å². The van der Waals surface area contributed by atoms with Gasteiger partial charge in [-0.2, -0.15) is 0 Å². The molecule has 1 aromatic carbocycles. The molecular weight excluding hydrogens is 344 g/mol. The van der Waals surface area contributed by atoms with Crippen molar-refractivity contribution in [2.75, 3.05) is 21.3 Å². The van der Waals surface area contributed by atoms with E-state index in [-0.39, 0.29) is 18.1 Å². The molecule has 2 aromatic heterocycles. The smallest absolute Gasteiger partial charge is 0.310 e. The SMILES string of the molecule is COC(=O)[C@@H](C)Cn1cnc2c(sc3cc(OC)c(OC)cc32)c1=O. The third kappa shape index (κ3) is 2.93. The van der Waals surface area contributed by atoms with Gasteiger partial charge in [-0.1, -0.05) is 6.92 Å². The van der Waals surface area contributed by atoms with Crippen molar-refractivity contribution in [2.24, 2.45) is 5.92 Å². The van der Waals surface area contributed by atoms with Crippen LogP contribution in [0.15, 0.2) is 23.3 Å². The van der Waals surface area contributed by atoms with Crippen molar-refractivity contribution in [1.29, 1.82) is 0 Å². The number of nitrogens with zero attached hydrogens (tertiary/aromatic N) is 2. The topological polar surface area (TPSA) is 79.7 Å². The Morgan fingerprint density at radius 3 is 2.56 bits per heavy atom. The van der Waals surface area contributed by atoms with Crippen LogP contribution in [0.5, 0.6) is 11.5 Å². The highest BCUT2D eigenvalue weighted by atomic mass is 32.1. The fraction of sp³-hybridized carbons (Fsp3) is 0.353. The molecule has 3 aromatic rings. The van der Waals surface area contributed by atoms with Crippen molar-refractivity contribution >= 4 is 37.6 Å². The molecule has 0 fully saturated rings. The predicted octanol–water partition coefficient (Wildman–Crippen LogP) is 2.44. The Kier molecular flexibility index (Phi) is 4.63. The van der Waals surface area contributed by atoms with Crippen LogP contribution in [-0.4, -0.2) is 36.8 Å². The average molecular weight is 362 g/mol. The lowest BCUT2D eigenvalue weighted by Gasteiger charge is -2.10. The number of fused-ring (bicyclic) bond motifs is 3. The maximum atomic E-state index is 12.8. The molecule has 0 bridgehead atoms. The number of carbonyl (C=O) groups excluding carboxylic acids is 1. The van der Waals surface area contributed by atoms with Gasteiger partial charge < -0.3 is 14.2 Å². The number of ether oxygens (including phenoxy) is 3. The number of aromatic nitrogens is 2. The number of thiophene rings is 1. The van der Waals surface area contributed by atoms with Gasteiger partial charge in [0.2, 0.25) is 0 Å². The fourth-order valence-electron chi connectivity index (χ4n) is 2.69. The number of hydrogen-bond acceptors (Lipinski definition) is 7. The van der Waals surface area contributed by atoms with Crippen molar-refractivity contribution in [3.05, 3.63) is 28.8 Å². The second-order valence-corrected chi connectivity index (χ2v) is 6.66. The molecule has 8 heteroatoms. The highest BCUT2D eigenvalue weighted by Gasteiger charge is 2.18. The first-order chi connectivity index (χ1) is 12.0. The zero-order valence-electron chi connectivity index (χ0n) is 14.4. The lowest BCUT2D eigenvalue weighted by molar-refractivity contribution is -0.145. The van der Waals surface area contributed by atoms with Gasteiger partial charge >= 0.3 is 5.97 Å². The first-order valence-corrected chi connectivity index (χ1v) is 8.43. The highest BCUT2D eigenvalue weighted by molar-refractivity contribution is 7.25. The molecule has 7 nitrogen and oxygen atoms in total. The number of carbonyl (C=O) groups is 1. The minimum atomic E-state index is -0.434. The lowest BCUT2D eigenvalue weighted by atomic mass is 10.2. The predicted molar refractivity (Wildman–Crippen MR) is 95.7 cm³/mol. The molecule has 1 atom stereocenters. The molecule has 0 N–H and O–H groups in total. The average Bonchev–Trinajstić information content (AvgIpc) is 3.00. The van der Waals surface area contributed by atoms with E-state index in [2.05, 4.69) is 4.98 Å². The number of benzene rings is 1. The summed E-state index contributed by atoms with van der Waals surface area (Å²) in [6, 6.07) is 3.65. The molecule has 0 unspecified atom stereocenters. The normalized spacial score (nSPS) is 12.3. The molecule has 25 heavy (non-hydrogen) atoms. The summed E-state index contributed by atoms with van der Waals surface area (Å²) in [5.74, 6) is 0.385. The van der Waals surface area contributed by atoms with Gasteiger partial charge in [0.05, 0.1) is 39.1 Å². The molecular formula is C17H18N2O5S. The molecule has 0 saturated heterocycles. The van der Waals surface area contributed by atoms with Crippen LogP contribution in [0.3, 0.4) is 0 Å². The summed E-state index contributed by atoms with van der Waals surface area (Å²) in [6.45, 7) is 1.93. The van der Waals surface area contributed by atoms with Gasteiger partial charge in [-0.05, 0) is 6.07 Å². The van der Waals surface area contributed by atoms with E-state index in [1.54, 1.807) is 21.1 Å². The zero-order chi connectivity index (χ0) is 18.1. The molecule has 0 aliphatic heterocycles. The van der Waals surface area contributed by atoms with Crippen LogP contribution < -0.4 is 15.0 Å². The number of esters is 1. The van der Waals surface area contributed by atoms with Crippen LogP contribution in [0.25, 0.3) is 20.3 Å². The first-order valence-electron chi connectivity index (χ1n) is 7.61. The largest absolute Gasteiger partial charge is 0.493 e. The van der Waals surface area contributed by atoms with Crippen molar-refractivity contribution in [3.63, 3.8) is 0 Å². The maximum Gasteiger partial charge on any atom is 0.310 e. The van der Waals surface area contributed by atoms with Gasteiger partial charge in [-0.25, -0.2) is 4.98 Å². The van der Waals surface area contributed by atoms with Crippen molar-refractivity contribution in [3.8, 4) is 11.5 Å². The third-order valence-electron chi connectivity index (χ3n) is 4.02. The van der Waals surface area contributed by atoms with E-state index in [0.29, 0.717) is 21.7 Å². The van der Waals surface area contributed by atoms with Crippen LogP contribution >= 0.6 is 11.3 Å². The Bertz CT molecular complexity index is 1010. The summed E-state index contributed by atoms with van der Waals surface area (Å²) in [7, 11) is 4.46. The van der Waals surface area contributed by atoms with Crippen LogP contribution in [0.1, 0.15) is 6.92 Å². The van der Waals surface area contributed by atoms with E-state index in [9.17, 15) is 9.59 Å². The zero-order valence-corrected chi connectivity index (χ0v) is 15.2. The third-order valence-corrected chi connectivity index (χ3v) is 5.15. The molecule has 0 spiro atoms. The Labute approximate surface area is 147 Å².